The number of para-hydroxylation sites is 1. The zero-order valence-corrected chi connectivity index (χ0v) is 24.4. The van der Waals surface area contributed by atoms with Gasteiger partial charge < -0.3 is 21.1 Å². The minimum absolute atomic E-state index is 0.164. The molecule has 0 unspecified atom stereocenters. The summed E-state index contributed by atoms with van der Waals surface area (Å²) in [5.41, 5.74) is 9.30. The first kappa shape index (κ1) is 30.1. The fourth-order valence-electron chi connectivity index (χ4n) is 6.16. The van der Waals surface area contributed by atoms with Gasteiger partial charge in [-0.3, -0.25) is 24.1 Å². The predicted molar refractivity (Wildman–Crippen MR) is 157 cm³/mol. The molecule has 0 saturated heterocycles. The second-order valence-electron chi connectivity index (χ2n) is 11.6. The Hall–Kier alpha value is -3.88. The molecule has 2 aromatic rings. The number of amides is 4. The molecule has 2 aliphatic heterocycles. The van der Waals surface area contributed by atoms with E-state index < -0.39 is 29.8 Å². The van der Waals surface area contributed by atoms with Crippen molar-refractivity contribution >= 4 is 29.3 Å². The summed E-state index contributed by atoms with van der Waals surface area (Å²) in [6.07, 6.45) is 3.10. The van der Waals surface area contributed by atoms with Crippen LogP contribution in [0.3, 0.4) is 0 Å². The maximum Gasteiger partial charge on any atom is 0.250 e. The van der Waals surface area contributed by atoms with Crippen molar-refractivity contribution in [1.82, 2.24) is 10.6 Å². The number of hydrogen-bond donors (Lipinski definition) is 3. The highest BCUT2D eigenvalue weighted by Gasteiger charge is 2.44. The second-order valence-corrected chi connectivity index (χ2v) is 11.6. The van der Waals surface area contributed by atoms with Crippen molar-refractivity contribution in [1.29, 1.82) is 0 Å². The molecule has 2 aromatic carbocycles. The summed E-state index contributed by atoms with van der Waals surface area (Å²) in [4.78, 5) is 55.2. The third-order valence-electron chi connectivity index (χ3n) is 8.14. The summed E-state index contributed by atoms with van der Waals surface area (Å²) in [5, 5.41) is 5.96. The van der Waals surface area contributed by atoms with E-state index >= 15 is 0 Å². The molecule has 4 amide bonds. The SMILES string of the molecule is CCC[C@H](C(N)=O)[C@@H](CC(C)C)C(=O)N[C@H]1CCc2cccc3c2N(C1=O)[C@H](C(=O)NCc1cccc(OC)c1)C3. The molecule has 2 aliphatic rings. The van der Waals surface area contributed by atoms with Crippen molar-refractivity contribution in [3.8, 4) is 5.75 Å². The number of nitrogens with one attached hydrogen (secondary N) is 2. The van der Waals surface area contributed by atoms with Crippen molar-refractivity contribution < 1.29 is 23.9 Å². The van der Waals surface area contributed by atoms with Gasteiger partial charge in [0.2, 0.25) is 23.6 Å². The van der Waals surface area contributed by atoms with Gasteiger partial charge in [0.25, 0.3) is 0 Å². The first-order valence-electron chi connectivity index (χ1n) is 14.6. The van der Waals surface area contributed by atoms with Crippen LogP contribution in [-0.2, 0) is 38.6 Å². The van der Waals surface area contributed by atoms with Crippen molar-refractivity contribution in [3.63, 3.8) is 0 Å². The van der Waals surface area contributed by atoms with Gasteiger partial charge in [0.15, 0.2) is 0 Å². The predicted octanol–water partition coefficient (Wildman–Crippen LogP) is 3.26. The quantitative estimate of drug-likeness (QED) is 0.366. The Labute approximate surface area is 242 Å². The fraction of sp³-hybridized carbons (Fsp3) is 0.500. The molecule has 4 rings (SSSR count). The Morgan fingerprint density at radius 1 is 1.10 bits per heavy atom. The maximum absolute atomic E-state index is 14.1. The molecule has 220 valence electrons. The summed E-state index contributed by atoms with van der Waals surface area (Å²) < 4.78 is 5.28. The number of nitrogens with zero attached hydrogens (tertiary/aromatic N) is 1. The topological polar surface area (TPSA) is 131 Å². The molecule has 2 heterocycles. The lowest BCUT2D eigenvalue weighted by molar-refractivity contribution is -0.136. The summed E-state index contributed by atoms with van der Waals surface area (Å²) >= 11 is 0. The average Bonchev–Trinajstić information content (AvgIpc) is 3.29. The molecular weight excluding hydrogens is 520 g/mol. The molecule has 0 aromatic heterocycles. The van der Waals surface area contributed by atoms with Crippen LogP contribution in [0.5, 0.6) is 5.75 Å². The van der Waals surface area contributed by atoms with E-state index in [1.807, 2.05) is 63.2 Å². The molecule has 4 N–H and O–H groups in total. The van der Waals surface area contributed by atoms with Gasteiger partial charge in [-0.15, -0.1) is 0 Å². The number of benzene rings is 2. The van der Waals surface area contributed by atoms with E-state index in [1.54, 1.807) is 12.0 Å². The lowest BCUT2D eigenvalue weighted by atomic mass is 9.81. The van der Waals surface area contributed by atoms with Crippen LogP contribution in [0.2, 0.25) is 0 Å². The number of nitrogens with two attached hydrogens (primary N) is 1. The van der Waals surface area contributed by atoms with Gasteiger partial charge in [0, 0.05) is 24.8 Å². The molecule has 9 nitrogen and oxygen atoms in total. The van der Waals surface area contributed by atoms with Gasteiger partial charge in [0.05, 0.1) is 12.8 Å². The van der Waals surface area contributed by atoms with Crippen molar-refractivity contribution in [2.45, 2.75) is 77.9 Å². The van der Waals surface area contributed by atoms with E-state index in [4.69, 9.17) is 10.5 Å². The third-order valence-corrected chi connectivity index (χ3v) is 8.14. The Morgan fingerprint density at radius 2 is 1.83 bits per heavy atom. The minimum Gasteiger partial charge on any atom is -0.497 e. The van der Waals surface area contributed by atoms with Crippen molar-refractivity contribution in [2.75, 3.05) is 12.0 Å². The van der Waals surface area contributed by atoms with Crippen LogP contribution in [0.4, 0.5) is 5.69 Å². The van der Waals surface area contributed by atoms with Crippen LogP contribution in [0.1, 0.15) is 63.1 Å². The van der Waals surface area contributed by atoms with Crippen molar-refractivity contribution in [3.05, 3.63) is 59.2 Å². The summed E-state index contributed by atoms with van der Waals surface area (Å²) in [5.74, 6) is -1.76. The van der Waals surface area contributed by atoms with Gasteiger partial charge in [-0.1, -0.05) is 57.5 Å². The number of ether oxygens (including phenoxy) is 1. The van der Waals surface area contributed by atoms with E-state index in [-0.39, 0.29) is 23.6 Å². The van der Waals surface area contributed by atoms with Gasteiger partial charge in [0.1, 0.15) is 17.8 Å². The maximum atomic E-state index is 14.1. The molecular formula is C32H42N4O5. The van der Waals surface area contributed by atoms with Crippen LogP contribution in [0, 0.1) is 17.8 Å². The Balaban J connectivity index is 1.56. The molecule has 0 spiro atoms. The first-order chi connectivity index (χ1) is 19.6. The van der Waals surface area contributed by atoms with E-state index in [0.717, 1.165) is 28.8 Å². The number of methoxy groups -OCH3 is 1. The number of hydrogen-bond acceptors (Lipinski definition) is 5. The third kappa shape index (κ3) is 6.72. The summed E-state index contributed by atoms with van der Waals surface area (Å²) in [6, 6.07) is 11.8. The van der Waals surface area contributed by atoms with Crippen LogP contribution < -0.4 is 26.0 Å². The van der Waals surface area contributed by atoms with Crippen LogP contribution in [-0.4, -0.2) is 42.8 Å². The number of aryl methyl sites for hydroxylation is 1. The van der Waals surface area contributed by atoms with E-state index in [1.165, 1.54) is 0 Å². The molecule has 9 heteroatoms. The number of carbonyl (C=O) groups excluding carboxylic acids is 4. The van der Waals surface area contributed by atoms with E-state index in [0.29, 0.717) is 44.4 Å². The number of rotatable bonds is 12. The number of carbonyl (C=O) groups is 4. The molecule has 0 aliphatic carbocycles. The van der Waals surface area contributed by atoms with Crippen LogP contribution >= 0.6 is 0 Å². The van der Waals surface area contributed by atoms with Crippen LogP contribution in [0.25, 0.3) is 0 Å². The normalized spacial score (nSPS) is 19.2. The molecule has 4 atom stereocenters. The van der Waals surface area contributed by atoms with Gasteiger partial charge in [-0.05, 0) is 60.4 Å². The average molecular weight is 563 g/mol. The monoisotopic (exact) mass is 562 g/mol. The smallest absolute Gasteiger partial charge is 0.250 e. The van der Waals surface area contributed by atoms with Gasteiger partial charge >= 0.3 is 0 Å². The Bertz CT molecular complexity index is 1290. The summed E-state index contributed by atoms with van der Waals surface area (Å²) in [6.45, 7) is 6.24. The minimum atomic E-state index is -0.820. The molecule has 41 heavy (non-hydrogen) atoms. The molecule has 0 fully saturated rings. The molecule has 0 bridgehead atoms. The molecule has 0 saturated carbocycles. The van der Waals surface area contributed by atoms with E-state index in [2.05, 4.69) is 10.6 Å². The Kier molecular flexibility index (Phi) is 9.68. The lowest BCUT2D eigenvalue weighted by Gasteiger charge is -2.30. The highest BCUT2D eigenvalue weighted by molar-refractivity contribution is 6.08. The number of anilines is 1. The zero-order chi connectivity index (χ0) is 29.7. The van der Waals surface area contributed by atoms with Gasteiger partial charge in [-0.25, -0.2) is 0 Å². The highest BCUT2D eigenvalue weighted by atomic mass is 16.5. The summed E-state index contributed by atoms with van der Waals surface area (Å²) in [7, 11) is 1.59. The van der Waals surface area contributed by atoms with E-state index in [9.17, 15) is 19.2 Å². The fourth-order valence-corrected chi connectivity index (χ4v) is 6.16. The van der Waals surface area contributed by atoms with Crippen LogP contribution in [0.15, 0.2) is 42.5 Å². The lowest BCUT2D eigenvalue weighted by Crippen LogP contribution is -2.55. The number of primary amides is 1. The molecule has 0 radical (unpaired) electrons. The standard InChI is InChI=1S/C32H42N4O5/c1-5-8-24(29(33)37)25(15-19(2)3)30(38)35-26-14-13-21-10-7-11-22-17-27(36(28(21)22)32(26)40)31(39)34-18-20-9-6-12-23(16-20)41-4/h6-7,9-12,16,19,24-27H,5,8,13-15,17-18H2,1-4H3,(H2,33,37)(H,34,39)(H,35,38)/t24-,25+,26-,27-/m0/s1. The Morgan fingerprint density at radius 3 is 2.51 bits per heavy atom. The van der Waals surface area contributed by atoms with Gasteiger partial charge in [-0.2, -0.15) is 0 Å². The van der Waals surface area contributed by atoms with Crippen molar-refractivity contribution in [2.24, 2.45) is 23.5 Å². The first-order valence-corrected chi connectivity index (χ1v) is 14.6. The zero-order valence-electron chi connectivity index (χ0n) is 24.4. The second kappa shape index (κ2) is 13.2. The highest BCUT2D eigenvalue weighted by Crippen LogP contribution is 2.39. The largest absolute Gasteiger partial charge is 0.497 e.